The fourth-order valence-corrected chi connectivity index (χ4v) is 3.55. The third-order valence-corrected chi connectivity index (χ3v) is 4.95. The van der Waals surface area contributed by atoms with E-state index >= 15 is 0 Å². The summed E-state index contributed by atoms with van der Waals surface area (Å²) in [6, 6.07) is 25.2. The van der Waals surface area contributed by atoms with Crippen molar-refractivity contribution < 1.29 is 14.3 Å². The first-order valence-electron chi connectivity index (χ1n) is 9.81. The molecule has 0 amide bonds. The second-order valence-corrected chi connectivity index (χ2v) is 7.18. The van der Waals surface area contributed by atoms with Crippen LogP contribution in [0.4, 0.5) is 0 Å². The Labute approximate surface area is 184 Å². The van der Waals surface area contributed by atoms with Gasteiger partial charge in [-0.3, -0.25) is 4.79 Å². The Kier molecular flexibility index (Phi) is 5.96. The van der Waals surface area contributed by atoms with Gasteiger partial charge < -0.3 is 4.74 Å². The predicted octanol–water partition coefficient (Wildman–Crippen LogP) is 5.60. The number of carbonyl (C=O) groups excluding carboxylic acids is 2. The van der Waals surface area contributed by atoms with Crippen molar-refractivity contribution in [1.82, 2.24) is 9.78 Å². The molecule has 0 saturated carbocycles. The zero-order valence-corrected chi connectivity index (χ0v) is 17.5. The van der Waals surface area contributed by atoms with Crippen LogP contribution in [0.5, 0.6) is 0 Å². The van der Waals surface area contributed by atoms with Gasteiger partial charge in [-0.05, 0) is 25.1 Å². The molecule has 3 aromatic carbocycles. The number of halogens is 1. The Hall–Kier alpha value is -3.70. The Bertz CT molecular complexity index is 1230. The standard InChI is InChI=1S/C25H19ClN2O3/c1-2-31-25(30)22-21(24(29)18-12-7-4-8-13-18)23(17-10-5-3-6-11-17)28(27-22)20-15-9-14-19(26)16-20/h3-16H,2H2,1H3. The van der Waals surface area contributed by atoms with E-state index < -0.39 is 5.97 Å². The lowest BCUT2D eigenvalue weighted by molar-refractivity contribution is 0.0516. The summed E-state index contributed by atoms with van der Waals surface area (Å²) >= 11 is 6.21. The molecule has 0 radical (unpaired) electrons. The maximum absolute atomic E-state index is 13.6. The lowest BCUT2D eigenvalue weighted by atomic mass is 9.97. The summed E-state index contributed by atoms with van der Waals surface area (Å²) in [5, 5.41) is 5.04. The minimum Gasteiger partial charge on any atom is -0.461 e. The average molecular weight is 431 g/mol. The maximum atomic E-state index is 13.6. The van der Waals surface area contributed by atoms with Gasteiger partial charge >= 0.3 is 5.97 Å². The summed E-state index contributed by atoms with van der Waals surface area (Å²) in [7, 11) is 0. The van der Waals surface area contributed by atoms with Crippen molar-refractivity contribution >= 4 is 23.4 Å². The van der Waals surface area contributed by atoms with Crippen LogP contribution < -0.4 is 0 Å². The summed E-state index contributed by atoms with van der Waals surface area (Å²) in [6.45, 7) is 1.88. The number of aromatic nitrogens is 2. The molecular weight excluding hydrogens is 412 g/mol. The number of carbonyl (C=O) groups is 2. The van der Waals surface area contributed by atoms with Gasteiger partial charge in [0.05, 0.1) is 23.6 Å². The molecular formula is C25H19ClN2O3. The first kappa shape index (κ1) is 20.6. The fraction of sp³-hybridized carbons (Fsp3) is 0.0800. The molecule has 0 fully saturated rings. The highest BCUT2D eigenvalue weighted by Crippen LogP contribution is 2.32. The number of ether oxygens (including phenoxy) is 1. The molecule has 154 valence electrons. The van der Waals surface area contributed by atoms with Gasteiger partial charge in [-0.2, -0.15) is 5.10 Å². The van der Waals surface area contributed by atoms with Crippen LogP contribution >= 0.6 is 11.6 Å². The molecule has 1 heterocycles. The van der Waals surface area contributed by atoms with Crippen molar-refractivity contribution in [3.05, 3.63) is 107 Å². The van der Waals surface area contributed by atoms with E-state index in [0.29, 0.717) is 22.0 Å². The second kappa shape index (κ2) is 8.98. The number of hydrogen-bond donors (Lipinski definition) is 0. The van der Waals surface area contributed by atoms with E-state index in [1.165, 1.54) is 0 Å². The lowest BCUT2D eigenvalue weighted by Crippen LogP contribution is -2.12. The van der Waals surface area contributed by atoms with Gasteiger partial charge in [0, 0.05) is 16.1 Å². The van der Waals surface area contributed by atoms with Crippen molar-refractivity contribution in [2.45, 2.75) is 6.92 Å². The fourth-order valence-electron chi connectivity index (χ4n) is 3.37. The molecule has 0 bridgehead atoms. The Balaban J connectivity index is 2.05. The van der Waals surface area contributed by atoms with E-state index in [9.17, 15) is 9.59 Å². The molecule has 0 saturated heterocycles. The van der Waals surface area contributed by atoms with Crippen LogP contribution in [-0.2, 0) is 4.74 Å². The van der Waals surface area contributed by atoms with Gasteiger partial charge in [0.1, 0.15) is 0 Å². The zero-order valence-electron chi connectivity index (χ0n) is 16.8. The monoisotopic (exact) mass is 430 g/mol. The number of nitrogens with zero attached hydrogens (tertiary/aromatic N) is 2. The largest absolute Gasteiger partial charge is 0.461 e. The van der Waals surface area contributed by atoms with E-state index in [2.05, 4.69) is 5.10 Å². The van der Waals surface area contributed by atoms with Gasteiger partial charge in [0.25, 0.3) is 0 Å². The highest BCUT2D eigenvalue weighted by Gasteiger charge is 2.30. The Morgan fingerprint density at radius 3 is 2.26 bits per heavy atom. The van der Waals surface area contributed by atoms with Crippen molar-refractivity contribution in [3.8, 4) is 16.9 Å². The number of hydrogen-bond acceptors (Lipinski definition) is 4. The number of esters is 1. The topological polar surface area (TPSA) is 61.2 Å². The number of ketones is 1. The Morgan fingerprint density at radius 2 is 1.61 bits per heavy atom. The van der Waals surface area contributed by atoms with Gasteiger partial charge in [0.2, 0.25) is 0 Å². The molecule has 0 spiro atoms. The van der Waals surface area contributed by atoms with E-state index in [1.54, 1.807) is 54.1 Å². The predicted molar refractivity (Wildman–Crippen MR) is 120 cm³/mol. The molecule has 1 aromatic heterocycles. The number of rotatable bonds is 6. The van der Waals surface area contributed by atoms with Gasteiger partial charge in [-0.25, -0.2) is 9.48 Å². The van der Waals surface area contributed by atoms with Crippen LogP contribution in [0.25, 0.3) is 16.9 Å². The molecule has 5 nitrogen and oxygen atoms in total. The van der Waals surface area contributed by atoms with Crippen molar-refractivity contribution in [3.63, 3.8) is 0 Å². The van der Waals surface area contributed by atoms with Crippen LogP contribution in [0, 0.1) is 0 Å². The third-order valence-electron chi connectivity index (χ3n) is 4.72. The highest BCUT2D eigenvalue weighted by molar-refractivity contribution is 6.30. The molecule has 0 unspecified atom stereocenters. The summed E-state index contributed by atoms with van der Waals surface area (Å²) in [4.78, 5) is 26.4. The van der Waals surface area contributed by atoms with Crippen molar-refractivity contribution in [1.29, 1.82) is 0 Å². The molecule has 6 heteroatoms. The SMILES string of the molecule is CCOC(=O)c1nn(-c2cccc(Cl)c2)c(-c2ccccc2)c1C(=O)c1ccccc1. The van der Waals surface area contributed by atoms with Crippen molar-refractivity contribution in [2.75, 3.05) is 6.61 Å². The van der Waals surface area contributed by atoms with Gasteiger partial charge in [-0.15, -0.1) is 0 Å². The molecule has 4 rings (SSSR count). The average Bonchev–Trinajstić information content (AvgIpc) is 3.21. The zero-order chi connectivity index (χ0) is 21.8. The maximum Gasteiger partial charge on any atom is 0.359 e. The smallest absolute Gasteiger partial charge is 0.359 e. The molecule has 0 N–H and O–H groups in total. The van der Waals surface area contributed by atoms with Crippen LogP contribution in [0.2, 0.25) is 5.02 Å². The van der Waals surface area contributed by atoms with Crippen LogP contribution in [0.1, 0.15) is 33.3 Å². The summed E-state index contributed by atoms with van der Waals surface area (Å²) in [5.74, 6) is -0.962. The van der Waals surface area contributed by atoms with E-state index in [4.69, 9.17) is 16.3 Å². The summed E-state index contributed by atoms with van der Waals surface area (Å²) < 4.78 is 6.80. The van der Waals surface area contributed by atoms with Crippen LogP contribution in [-0.4, -0.2) is 28.1 Å². The molecule has 0 atom stereocenters. The first-order valence-corrected chi connectivity index (χ1v) is 10.2. The van der Waals surface area contributed by atoms with E-state index in [1.807, 2.05) is 42.5 Å². The third kappa shape index (κ3) is 4.13. The summed E-state index contributed by atoms with van der Waals surface area (Å²) in [6.07, 6.45) is 0. The molecule has 0 aliphatic rings. The summed E-state index contributed by atoms with van der Waals surface area (Å²) in [5.41, 5.74) is 2.48. The highest BCUT2D eigenvalue weighted by atomic mass is 35.5. The van der Waals surface area contributed by atoms with E-state index in [0.717, 1.165) is 5.56 Å². The van der Waals surface area contributed by atoms with Crippen LogP contribution in [0.3, 0.4) is 0 Å². The molecule has 4 aromatic rings. The normalized spacial score (nSPS) is 10.6. The lowest BCUT2D eigenvalue weighted by Gasteiger charge is -2.10. The minimum absolute atomic E-state index is 0.0328. The second-order valence-electron chi connectivity index (χ2n) is 6.75. The molecule has 0 aliphatic heterocycles. The number of benzene rings is 3. The van der Waals surface area contributed by atoms with Crippen molar-refractivity contribution in [2.24, 2.45) is 0 Å². The molecule has 0 aliphatic carbocycles. The van der Waals surface area contributed by atoms with E-state index in [-0.39, 0.29) is 23.6 Å². The molecule has 31 heavy (non-hydrogen) atoms. The van der Waals surface area contributed by atoms with Crippen LogP contribution in [0.15, 0.2) is 84.9 Å². The Morgan fingerprint density at radius 1 is 0.935 bits per heavy atom. The quantitative estimate of drug-likeness (QED) is 0.295. The van der Waals surface area contributed by atoms with Gasteiger partial charge in [-0.1, -0.05) is 78.3 Å². The first-order chi connectivity index (χ1) is 15.1. The minimum atomic E-state index is -0.653. The van der Waals surface area contributed by atoms with Gasteiger partial charge in [0.15, 0.2) is 11.5 Å².